The van der Waals surface area contributed by atoms with E-state index < -0.39 is 0 Å². The average Bonchev–Trinajstić information content (AvgIpc) is 3.40. The maximum atomic E-state index is 6.41. The van der Waals surface area contributed by atoms with Gasteiger partial charge < -0.3 is 4.74 Å². The maximum absolute atomic E-state index is 6.41. The Labute approximate surface area is 265 Å². The Balaban J connectivity index is 1.25. The van der Waals surface area contributed by atoms with Gasteiger partial charge in [-0.25, -0.2) is 0 Å². The Morgan fingerprint density at radius 1 is 0.622 bits per heavy atom. The first-order valence-electron chi connectivity index (χ1n) is 16.0. The van der Waals surface area contributed by atoms with Crippen molar-refractivity contribution in [2.24, 2.45) is 5.92 Å². The highest BCUT2D eigenvalue weighted by molar-refractivity contribution is 6.03. The fourth-order valence-corrected chi connectivity index (χ4v) is 8.50. The number of fused-ring (bicyclic) bond motifs is 7. The van der Waals surface area contributed by atoms with E-state index in [-0.39, 0.29) is 16.7 Å². The molecule has 2 atom stereocenters. The van der Waals surface area contributed by atoms with Gasteiger partial charge in [0.15, 0.2) is 0 Å². The van der Waals surface area contributed by atoms with Crippen LogP contribution in [0.25, 0.3) is 27.5 Å². The van der Waals surface area contributed by atoms with E-state index >= 15 is 0 Å². The predicted octanol–water partition coefficient (Wildman–Crippen LogP) is 11.2. The number of para-hydroxylation sites is 1. The Bertz CT molecular complexity index is 2200. The molecule has 1 nitrogen and oxygen atoms in total. The summed E-state index contributed by atoms with van der Waals surface area (Å²) in [5, 5.41) is 2.61. The second kappa shape index (κ2) is 9.68. The first-order valence-corrected chi connectivity index (χ1v) is 16.0. The van der Waals surface area contributed by atoms with Crippen LogP contribution in [0.3, 0.4) is 0 Å². The van der Waals surface area contributed by atoms with Crippen molar-refractivity contribution in [2.45, 2.75) is 31.1 Å². The summed E-state index contributed by atoms with van der Waals surface area (Å²) in [5.41, 5.74) is 11.4. The molecule has 3 aliphatic rings. The van der Waals surface area contributed by atoms with Crippen molar-refractivity contribution in [2.75, 3.05) is 0 Å². The van der Waals surface area contributed by atoms with Gasteiger partial charge in [-0.15, -0.1) is 0 Å². The van der Waals surface area contributed by atoms with E-state index in [0.29, 0.717) is 0 Å². The Kier molecular flexibility index (Phi) is 5.65. The average molecular weight is 579 g/mol. The van der Waals surface area contributed by atoms with Gasteiger partial charge in [0.1, 0.15) is 11.5 Å². The largest absolute Gasteiger partial charge is 0.457 e. The summed E-state index contributed by atoms with van der Waals surface area (Å²) in [7, 11) is 0. The molecule has 6 aromatic carbocycles. The number of hydrogen-bond acceptors (Lipinski definition) is 1. The van der Waals surface area contributed by atoms with E-state index in [1.54, 1.807) is 0 Å². The summed E-state index contributed by atoms with van der Waals surface area (Å²) >= 11 is 0. The van der Waals surface area contributed by atoms with Gasteiger partial charge in [-0.1, -0.05) is 147 Å². The molecule has 0 N–H and O–H groups in total. The normalized spacial score (nSPS) is 20.4. The Hall–Kier alpha value is -5.14. The molecule has 1 aliphatic heterocycles. The molecule has 45 heavy (non-hydrogen) atoms. The van der Waals surface area contributed by atoms with Gasteiger partial charge in [-0.2, -0.15) is 0 Å². The van der Waals surface area contributed by atoms with Crippen LogP contribution >= 0.6 is 0 Å². The highest BCUT2D eigenvalue weighted by Gasteiger charge is 2.49. The minimum absolute atomic E-state index is 0.159. The molecule has 216 valence electrons. The lowest BCUT2D eigenvalue weighted by Crippen LogP contribution is -2.35. The molecule has 2 unspecified atom stereocenters. The molecule has 2 aliphatic carbocycles. The summed E-state index contributed by atoms with van der Waals surface area (Å²) in [4.78, 5) is 0. The van der Waals surface area contributed by atoms with Gasteiger partial charge in [-0.05, 0) is 80.3 Å². The molecule has 0 saturated heterocycles. The van der Waals surface area contributed by atoms with Crippen LogP contribution in [0.5, 0.6) is 11.5 Å². The zero-order chi connectivity index (χ0) is 30.2. The molecule has 1 heterocycles. The molecule has 0 amide bonds. The monoisotopic (exact) mass is 578 g/mol. The number of allylic oxidation sites excluding steroid dienone is 4. The summed E-state index contributed by atoms with van der Waals surface area (Å²) in [5.74, 6) is 2.13. The molecule has 1 heteroatoms. The highest BCUT2D eigenvalue weighted by atomic mass is 16.5. The topological polar surface area (TPSA) is 9.23 Å². The second-order valence-corrected chi connectivity index (χ2v) is 13.2. The SMILES string of the molecule is CC1(C)c2ccccc2Oc2ccc(C3=CC(C4(c5ccccc5)c5ccccc5-c5c4ccc4ccccc54)CC=C3)cc21. The Morgan fingerprint density at radius 3 is 2.24 bits per heavy atom. The van der Waals surface area contributed by atoms with Crippen molar-refractivity contribution in [1.29, 1.82) is 0 Å². The lowest BCUT2D eigenvalue weighted by atomic mass is 9.61. The molecule has 0 spiro atoms. The third-order valence-electron chi connectivity index (χ3n) is 10.6. The number of rotatable bonds is 3. The van der Waals surface area contributed by atoms with Crippen LogP contribution in [0.1, 0.15) is 53.6 Å². The van der Waals surface area contributed by atoms with E-state index in [4.69, 9.17) is 4.74 Å². The fraction of sp³-hybridized carbons (Fsp3) is 0.136. The van der Waals surface area contributed by atoms with Gasteiger partial charge in [0.25, 0.3) is 0 Å². The summed E-state index contributed by atoms with van der Waals surface area (Å²) in [6.45, 7) is 4.62. The molecule has 0 saturated carbocycles. The molecule has 9 rings (SSSR count). The molecular formula is C44H34O. The van der Waals surface area contributed by atoms with Gasteiger partial charge >= 0.3 is 0 Å². The van der Waals surface area contributed by atoms with Crippen LogP contribution < -0.4 is 4.74 Å². The number of ether oxygens (including phenoxy) is 1. The van der Waals surface area contributed by atoms with E-state index in [1.165, 1.54) is 60.9 Å². The second-order valence-electron chi connectivity index (χ2n) is 13.2. The zero-order valence-electron chi connectivity index (χ0n) is 25.6. The van der Waals surface area contributed by atoms with Crippen molar-refractivity contribution in [3.63, 3.8) is 0 Å². The molecule has 0 aromatic heterocycles. The van der Waals surface area contributed by atoms with Crippen LogP contribution in [0.15, 0.2) is 152 Å². The fourth-order valence-electron chi connectivity index (χ4n) is 8.50. The van der Waals surface area contributed by atoms with Crippen molar-refractivity contribution in [1.82, 2.24) is 0 Å². The minimum Gasteiger partial charge on any atom is -0.457 e. The van der Waals surface area contributed by atoms with E-state index in [9.17, 15) is 0 Å². The van der Waals surface area contributed by atoms with Crippen molar-refractivity contribution >= 4 is 16.3 Å². The summed E-state index contributed by atoms with van der Waals surface area (Å²) < 4.78 is 6.41. The van der Waals surface area contributed by atoms with Crippen LogP contribution in [0.2, 0.25) is 0 Å². The maximum Gasteiger partial charge on any atom is 0.131 e. The van der Waals surface area contributed by atoms with Crippen molar-refractivity contribution in [3.8, 4) is 22.6 Å². The Morgan fingerprint density at radius 2 is 1.36 bits per heavy atom. The molecule has 0 radical (unpaired) electrons. The lowest BCUT2D eigenvalue weighted by Gasteiger charge is -2.40. The van der Waals surface area contributed by atoms with E-state index in [1.807, 2.05) is 0 Å². The van der Waals surface area contributed by atoms with Crippen molar-refractivity contribution in [3.05, 3.63) is 185 Å². The van der Waals surface area contributed by atoms with Crippen molar-refractivity contribution < 1.29 is 4.74 Å². The zero-order valence-corrected chi connectivity index (χ0v) is 25.6. The van der Waals surface area contributed by atoms with Gasteiger partial charge in [0.05, 0.1) is 5.41 Å². The van der Waals surface area contributed by atoms with Crippen LogP contribution in [-0.2, 0) is 10.8 Å². The highest BCUT2D eigenvalue weighted by Crippen LogP contribution is 2.60. The minimum atomic E-state index is -0.317. The van der Waals surface area contributed by atoms with Crippen LogP contribution in [0, 0.1) is 5.92 Å². The molecule has 0 fully saturated rings. The standard InChI is InChI=1S/C44H34O/c1-43(2)37-21-10-11-22-40(37)45-41-26-24-31(28-39(41)43)30-14-12-17-33(27-30)44(32-15-4-3-5-16-32)36-20-9-8-19-35(36)42-34-18-7-6-13-29(34)23-25-38(42)44/h3-16,18-28,33H,17H2,1-2H3. The number of hydrogen-bond donors (Lipinski definition) is 0. The van der Waals surface area contributed by atoms with Gasteiger partial charge in [-0.3, -0.25) is 0 Å². The first kappa shape index (κ1) is 26.3. The molecular weight excluding hydrogens is 544 g/mol. The van der Waals surface area contributed by atoms with Gasteiger partial charge in [0, 0.05) is 16.5 Å². The quantitative estimate of drug-likeness (QED) is 0.203. The summed E-state index contributed by atoms with van der Waals surface area (Å²) in [6.07, 6.45) is 8.23. The van der Waals surface area contributed by atoms with E-state index in [2.05, 4.69) is 166 Å². The molecule has 6 aromatic rings. The van der Waals surface area contributed by atoms with E-state index in [0.717, 1.165) is 17.9 Å². The third kappa shape index (κ3) is 3.68. The predicted molar refractivity (Wildman–Crippen MR) is 186 cm³/mol. The first-order chi connectivity index (χ1) is 22.1. The molecule has 0 bridgehead atoms. The summed E-state index contributed by atoms with van der Waals surface area (Å²) in [6, 6.07) is 49.1. The van der Waals surface area contributed by atoms with Crippen LogP contribution in [-0.4, -0.2) is 0 Å². The smallest absolute Gasteiger partial charge is 0.131 e. The lowest BCUT2D eigenvalue weighted by molar-refractivity contribution is 0.418. The third-order valence-corrected chi connectivity index (χ3v) is 10.6. The number of benzene rings is 6. The van der Waals surface area contributed by atoms with Crippen LogP contribution in [0.4, 0.5) is 0 Å². The van der Waals surface area contributed by atoms with Gasteiger partial charge in [0.2, 0.25) is 0 Å².